The van der Waals surface area contributed by atoms with Crippen LogP contribution in [0.1, 0.15) is 181 Å². The van der Waals surface area contributed by atoms with Gasteiger partial charge in [0.15, 0.2) is 0 Å². The van der Waals surface area contributed by atoms with Gasteiger partial charge in [0.05, 0.1) is 13.1 Å². The second kappa shape index (κ2) is 24.9. The van der Waals surface area contributed by atoms with E-state index in [2.05, 4.69) is 42.3 Å². The molecule has 2 heteroatoms. The van der Waals surface area contributed by atoms with Gasteiger partial charge in [-0.05, 0) is 32.1 Å². The summed E-state index contributed by atoms with van der Waals surface area (Å²) in [5.41, 5.74) is 0. The normalized spacial score (nSPS) is 11.5. The summed E-state index contributed by atoms with van der Waals surface area (Å²) < 4.78 is 5.19. The molecule has 35 heavy (non-hydrogen) atoms. The number of aromatic nitrogens is 2. The fourth-order valence-corrected chi connectivity index (χ4v) is 5.44. The quantitative estimate of drug-likeness (QED) is 0.0858. The maximum absolute atomic E-state index is 2.60. The zero-order chi connectivity index (χ0) is 25.2. The van der Waals surface area contributed by atoms with E-state index in [1.54, 1.807) is 5.82 Å². The van der Waals surface area contributed by atoms with Crippen LogP contribution in [0.25, 0.3) is 0 Å². The third-order valence-corrected chi connectivity index (χ3v) is 7.85. The van der Waals surface area contributed by atoms with Crippen molar-refractivity contribution in [2.75, 3.05) is 0 Å². The molecule has 206 valence electrons. The van der Waals surface area contributed by atoms with Gasteiger partial charge in [-0.3, -0.25) is 0 Å². The highest BCUT2D eigenvalue weighted by molar-refractivity contribution is 4.84. The summed E-state index contributed by atoms with van der Waals surface area (Å²) in [6.07, 6.45) is 40.0. The molecule has 1 heterocycles. The molecule has 0 unspecified atom stereocenters. The number of aryl methyl sites for hydroxylation is 2. The van der Waals surface area contributed by atoms with Gasteiger partial charge < -0.3 is 0 Å². The Kier molecular flexibility index (Phi) is 22.9. The zero-order valence-corrected chi connectivity index (χ0v) is 24.6. The smallest absolute Gasteiger partial charge is 0.234 e. The van der Waals surface area contributed by atoms with E-state index < -0.39 is 0 Å². The molecule has 0 aromatic carbocycles. The summed E-state index contributed by atoms with van der Waals surface area (Å²) in [7, 11) is 0. The minimum absolute atomic E-state index is 1.22. The Morgan fingerprint density at radius 2 is 0.886 bits per heavy atom. The molecule has 0 spiro atoms. The Bertz CT molecular complexity index is 547. The average Bonchev–Trinajstić information content (AvgIpc) is 3.25. The van der Waals surface area contributed by atoms with Gasteiger partial charge in [0.25, 0.3) is 5.82 Å². The topological polar surface area (TPSA) is 8.81 Å². The fourth-order valence-electron chi connectivity index (χ4n) is 5.44. The first-order valence-corrected chi connectivity index (χ1v) is 16.4. The molecule has 2 nitrogen and oxygen atoms in total. The van der Waals surface area contributed by atoms with Gasteiger partial charge in [0.1, 0.15) is 12.4 Å². The largest absolute Gasteiger partial charge is 0.256 e. The summed E-state index contributed by atoms with van der Waals surface area (Å²) >= 11 is 0. The van der Waals surface area contributed by atoms with E-state index in [9.17, 15) is 0 Å². The van der Waals surface area contributed by atoms with Crippen molar-refractivity contribution >= 4 is 0 Å². The van der Waals surface area contributed by atoms with E-state index in [-0.39, 0.29) is 0 Å². The third-order valence-electron chi connectivity index (χ3n) is 7.85. The Morgan fingerprint density at radius 1 is 0.486 bits per heavy atom. The second-order valence-corrected chi connectivity index (χ2v) is 11.3. The van der Waals surface area contributed by atoms with E-state index in [4.69, 9.17) is 0 Å². The van der Waals surface area contributed by atoms with Crippen molar-refractivity contribution in [3.8, 4) is 0 Å². The maximum Gasteiger partial charge on any atom is 0.256 e. The Hall–Kier alpha value is -0.790. The predicted molar refractivity (Wildman–Crippen MR) is 156 cm³/mol. The molecule has 0 fully saturated rings. The maximum atomic E-state index is 2.60. The number of imidazole rings is 1. The molecular weight excluding hydrogens is 424 g/mol. The predicted octanol–water partition coefficient (Wildman–Crippen LogP) is 10.7. The monoisotopic (exact) mass is 490 g/mol. The van der Waals surface area contributed by atoms with Gasteiger partial charge in [-0.1, -0.05) is 143 Å². The number of rotatable bonds is 27. The number of hydrogen-bond donors (Lipinski definition) is 0. The van der Waals surface area contributed by atoms with Crippen LogP contribution in [-0.4, -0.2) is 4.57 Å². The second-order valence-electron chi connectivity index (χ2n) is 11.3. The van der Waals surface area contributed by atoms with Crippen molar-refractivity contribution < 1.29 is 4.57 Å². The Morgan fingerprint density at radius 3 is 1.37 bits per heavy atom. The number of hydrogen-bond acceptors (Lipinski definition) is 0. The van der Waals surface area contributed by atoms with Crippen molar-refractivity contribution in [3.05, 3.63) is 18.2 Å². The van der Waals surface area contributed by atoms with Gasteiger partial charge >= 0.3 is 0 Å². The van der Waals surface area contributed by atoms with Crippen molar-refractivity contribution in [2.45, 2.75) is 194 Å². The van der Waals surface area contributed by atoms with Gasteiger partial charge in [-0.15, -0.1) is 0 Å². The van der Waals surface area contributed by atoms with Gasteiger partial charge in [0.2, 0.25) is 0 Å². The van der Waals surface area contributed by atoms with E-state index >= 15 is 0 Å². The van der Waals surface area contributed by atoms with Crippen LogP contribution in [0.2, 0.25) is 0 Å². The summed E-state index contributed by atoms with van der Waals surface area (Å²) in [5, 5.41) is 0. The van der Waals surface area contributed by atoms with Crippen LogP contribution in [-0.2, 0) is 19.5 Å². The van der Waals surface area contributed by atoms with Crippen LogP contribution < -0.4 is 4.57 Å². The number of nitrogens with zero attached hydrogens (tertiary/aromatic N) is 2. The lowest BCUT2D eigenvalue weighted by atomic mass is 10.0. The van der Waals surface area contributed by atoms with Crippen LogP contribution in [0.15, 0.2) is 12.4 Å². The SMILES string of the molecule is CCCCCCCCCCCCCCCC[n+]1ccn(CCCCCCCC)c1CCCCCC. The van der Waals surface area contributed by atoms with Crippen LogP contribution in [0.3, 0.4) is 0 Å². The molecule has 0 atom stereocenters. The average molecular weight is 490 g/mol. The van der Waals surface area contributed by atoms with Crippen LogP contribution in [0, 0.1) is 0 Å². The molecule has 0 aliphatic rings. The van der Waals surface area contributed by atoms with E-state index in [1.807, 2.05) is 0 Å². The summed E-state index contributed by atoms with van der Waals surface area (Å²) in [5.74, 6) is 1.60. The van der Waals surface area contributed by atoms with E-state index in [0.717, 1.165) is 0 Å². The molecular formula is C33H65N2+. The Labute approximate surface area is 221 Å². The van der Waals surface area contributed by atoms with Crippen LogP contribution >= 0.6 is 0 Å². The molecule has 0 aliphatic heterocycles. The lowest BCUT2D eigenvalue weighted by Gasteiger charge is -2.07. The van der Waals surface area contributed by atoms with Crippen molar-refractivity contribution in [1.82, 2.24) is 4.57 Å². The molecule has 1 rings (SSSR count). The first kappa shape index (κ1) is 32.2. The van der Waals surface area contributed by atoms with Crippen molar-refractivity contribution in [2.24, 2.45) is 0 Å². The van der Waals surface area contributed by atoms with Gasteiger partial charge in [-0.25, -0.2) is 9.13 Å². The molecule has 1 aromatic rings. The molecule has 0 radical (unpaired) electrons. The van der Waals surface area contributed by atoms with E-state index in [0.29, 0.717) is 0 Å². The highest BCUT2D eigenvalue weighted by Gasteiger charge is 2.16. The third kappa shape index (κ3) is 18.2. The minimum Gasteiger partial charge on any atom is -0.234 e. The van der Waals surface area contributed by atoms with Crippen molar-refractivity contribution in [1.29, 1.82) is 0 Å². The first-order chi connectivity index (χ1) is 17.3. The van der Waals surface area contributed by atoms with Gasteiger partial charge in [0, 0.05) is 6.42 Å². The standard InChI is InChI=1S/C33H65N2/c1-4-7-10-13-15-16-17-18-19-20-21-22-24-27-30-35-32-31-34(29-26-23-14-11-8-5-2)33(35)28-25-12-9-6-3/h31-32H,4-30H2,1-3H3/q+1. The highest BCUT2D eigenvalue weighted by atomic mass is 15.1. The van der Waals surface area contributed by atoms with Crippen LogP contribution in [0.4, 0.5) is 0 Å². The van der Waals surface area contributed by atoms with Crippen LogP contribution in [0.5, 0.6) is 0 Å². The lowest BCUT2D eigenvalue weighted by molar-refractivity contribution is -0.704. The highest BCUT2D eigenvalue weighted by Crippen LogP contribution is 2.14. The van der Waals surface area contributed by atoms with Crippen molar-refractivity contribution in [3.63, 3.8) is 0 Å². The minimum atomic E-state index is 1.22. The fraction of sp³-hybridized carbons (Fsp3) is 0.909. The molecule has 0 bridgehead atoms. The lowest BCUT2D eigenvalue weighted by Crippen LogP contribution is -2.37. The molecule has 0 aliphatic carbocycles. The first-order valence-electron chi connectivity index (χ1n) is 16.4. The summed E-state index contributed by atoms with van der Waals surface area (Å²) in [6, 6.07) is 0. The van der Waals surface area contributed by atoms with Gasteiger partial charge in [-0.2, -0.15) is 0 Å². The van der Waals surface area contributed by atoms with E-state index in [1.165, 1.54) is 174 Å². The summed E-state index contributed by atoms with van der Waals surface area (Å²) in [6.45, 7) is 9.38. The molecule has 0 amide bonds. The molecule has 0 N–H and O–H groups in total. The zero-order valence-electron chi connectivity index (χ0n) is 24.6. The summed E-state index contributed by atoms with van der Waals surface area (Å²) in [4.78, 5) is 0. The molecule has 0 saturated heterocycles. The molecule has 0 saturated carbocycles. The molecule has 1 aromatic heterocycles. The number of unbranched alkanes of at least 4 members (excludes halogenated alkanes) is 21. The Balaban J connectivity index is 2.19.